The van der Waals surface area contributed by atoms with Gasteiger partial charge in [-0.15, -0.1) is 0 Å². The molecule has 1 aliphatic rings. The van der Waals surface area contributed by atoms with Crippen molar-refractivity contribution in [2.45, 2.75) is 25.7 Å². The third-order valence-electron chi connectivity index (χ3n) is 5.72. The van der Waals surface area contributed by atoms with E-state index in [0.717, 1.165) is 24.0 Å². The SMILES string of the molecule is Cc1ccc(Nc2c(C(=O)N3CCC(c4ccc(F)cc4)CC3)cnc(Cl)c2Cl)c(F)c1. The highest BCUT2D eigenvalue weighted by Crippen LogP contribution is 2.36. The van der Waals surface area contributed by atoms with Crippen LogP contribution in [0.5, 0.6) is 0 Å². The molecule has 0 spiro atoms. The Morgan fingerprint density at radius 3 is 2.44 bits per heavy atom. The predicted octanol–water partition coefficient (Wildman–Crippen LogP) is 6.74. The van der Waals surface area contributed by atoms with E-state index in [4.69, 9.17) is 23.2 Å². The fourth-order valence-electron chi connectivity index (χ4n) is 3.93. The number of pyridine rings is 1. The summed E-state index contributed by atoms with van der Waals surface area (Å²) in [6, 6.07) is 11.2. The van der Waals surface area contributed by atoms with Crippen LogP contribution in [0.4, 0.5) is 20.2 Å². The second-order valence-corrected chi connectivity index (χ2v) is 8.61. The number of nitrogens with one attached hydrogen (secondary N) is 1. The van der Waals surface area contributed by atoms with E-state index in [1.54, 1.807) is 36.1 Å². The van der Waals surface area contributed by atoms with Gasteiger partial charge in [-0.1, -0.05) is 41.4 Å². The highest BCUT2D eigenvalue weighted by atomic mass is 35.5. The van der Waals surface area contributed by atoms with Crippen LogP contribution in [0.25, 0.3) is 0 Å². The summed E-state index contributed by atoms with van der Waals surface area (Å²) >= 11 is 12.4. The minimum atomic E-state index is -0.465. The monoisotopic (exact) mass is 475 g/mol. The second-order valence-electron chi connectivity index (χ2n) is 7.88. The number of halogens is 4. The van der Waals surface area contributed by atoms with E-state index in [1.165, 1.54) is 24.4 Å². The third-order valence-corrected chi connectivity index (χ3v) is 6.47. The lowest BCUT2D eigenvalue weighted by Gasteiger charge is -2.32. The fraction of sp³-hybridized carbons (Fsp3) is 0.250. The number of aryl methyl sites for hydroxylation is 1. The Bertz CT molecular complexity index is 1150. The van der Waals surface area contributed by atoms with E-state index in [9.17, 15) is 13.6 Å². The van der Waals surface area contributed by atoms with Gasteiger partial charge in [0.15, 0.2) is 0 Å². The summed E-state index contributed by atoms with van der Waals surface area (Å²) in [6.45, 7) is 2.84. The molecular weight excluding hydrogens is 455 g/mol. The molecule has 0 bridgehead atoms. The van der Waals surface area contributed by atoms with Crippen LogP contribution in [0.1, 0.15) is 40.2 Å². The first-order chi connectivity index (χ1) is 15.3. The average molecular weight is 476 g/mol. The smallest absolute Gasteiger partial charge is 0.257 e. The Labute approximate surface area is 195 Å². The highest BCUT2D eigenvalue weighted by molar-refractivity contribution is 6.43. The molecule has 1 saturated heterocycles. The van der Waals surface area contributed by atoms with Gasteiger partial charge in [0.25, 0.3) is 5.91 Å². The van der Waals surface area contributed by atoms with Crippen LogP contribution in [0, 0.1) is 18.6 Å². The van der Waals surface area contributed by atoms with Gasteiger partial charge in [-0.2, -0.15) is 0 Å². The first-order valence-corrected chi connectivity index (χ1v) is 11.0. The van der Waals surface area contributed by atoms with Crippen LogP contribution < -0.4 is 5.32 Å². The molecule has 0 unspecified atom stereocenters. The summed E-state index contributed by atoms with van der Waals surface area (Å²) in [5, 5.41) is 3.00. The molecule has 1 N–H and O–H groups in total. The van der Waals surface area contributed by atoms with E-state index in [2.05, 4.69) is 10.3 Å². The number of carbonyl (C=O) groups is 1. The van der Waals surface area contributed by atoms with E-state index in [-0.39, 0.29) is 44.8 Å². The van der Waals surface area contributed by atoms with Gasteiger partial charge in [0, 0.05) is 19.3 Å². The number of aromatic nitrogens is 1. The molecule has 0 saturated carbocycles. The number of anilines is 2. The number of carbonyl (C=O) groups excluding carboxylic acids is 1. The molecule has 2 aromatic carbocycles. The first kappa shape index (κ1) is 22.5. The Balaban J connectivity index is 1.55. The highest BCUT2D eigenvalue weighted by Gasteiger charge is 2.28. The number of rotatable bonds is 4. The zero-order valence-corrected chi connectivity index (χ0v) is 18.9. The second kappa shape index (κ2) is 9.43. The Morgan fingerprint density at radius 2 is 1.78 bits per heavy atom. The van der Waals surface area contributed by atoms with E-state index in [1.807, 2.05) is 0 Å². The first-order valence-electron chi connectivity index (χ1n) is 10.3. The van der Waals surface area contributed by atoms with Crippen molar-refractivity contribution in [2.75, 3.05) is 18.4 Å². The maximum absolute atomic E-state index is 14.4. The topological polar surface area (TPSA) is 45.2 Å². The summed E-state index contributed by atoms with van der Waals surface area (Å²) in [4.78, 5) is 19.0. The van der Waals surface area contributed by atoms with Gasteiger partial charge in [0.2, 0.25) is 0 Å². The molecule has 3 aromatic rings. The molecule has 0 radical (unpaired) electrons. The van der Waals surface area contributed by atoms with E-state index < -0.39 is 5.82 Å². The quantitative estimate of drug-likeness (QED) is 0.425. The molecule has 4 rings (SSSR count). The molecule has 166 valence electrons. The van der Waals surface area contributed by atoms with Crippen LogP contribution in [0.2, 0.25) is 10.2 Å². The summed E-state index contributed by atoms with van der Waals surface area (Å²) < 4.78 is 27.6. The molecule has 0 atom stereocenters. The largest absolute Gasteiger partial charge is 0.351 e. The van der Waals surface area contributed by atoms with Crippen molar-refractivity contribution in [3.63, 3.8) is 0 Å². The molecule has 1 aromatic heterocycles. The van der Waals surface area contributed by atoms with Crippen molar-refractivity contribution >= 4 is 40.5 Å². The molecule has 2 heterocycles. The predicted molar refractivity (Wildman–Crippen MR) is 123 cm³/mol. The minimum absolute atomic E-state index is 0.0215. The summed E-state index contributed by atoms with van der Waals surface area (Å²) in [7, 11) is 0. The Kier molecular flexibility index (Phi) is 6.63. The van der Waals surface area contributed by atoms with E-state index in [0.29, 0.717) is 13.1 Å². The van der Waals surface area contributed by atoms with Gasteiger partial charge in [0.1, 0.15) is 21.8 Å². The fourth-order valence-corrected chi connectivity index (χ4v) is 4.27. The number of piperidine rings is 1. The van der Waals surface area contributed by atoms with Crippen molar-refractivity contribution in [3.8, 4) is 0 Å². The maximum Gasteiger partial charge on any atom is 0.257 e. The molecule has 8 heteroatoms. The van der Waals surface area contributed by atoms with Crippen molar-refractivity contribution < 1.29 is 13.6 Å². The molecule has 1 aliphatic heterocycles. The lowest BCUT2D eigenvalue weighted by molar-refractivity contribution is 0.0713. The van der Waals surface area contributed by atoms with Crippen molar-refractivity contribution in [1.82, 2.24) is 9.88 Å². The molecule has 1 amide bonds. The van der Waals surface area contributed by atoms with Crippen LogP contribution in [0.15, 0.2) is 48.7 Å². The Hall–Kier alpha value is -2.70. The normalized spacial score (nSPS) is 14.5. The molecule has 32 heavy (non-hydrogen) atoms. The number of hydrogen-bond acceptors (Lipinski definition) is 3. The number of benzene rings is 2. The van der Waals surface area contributed by atoms with Crippen LogP contribution in [-0.2, 0) is 0 Å². The zero-order chi connectivity index (χ0) is 22.8. The number of amides is 1. The van der Waals surface area contributed by atoms with Crippen molar-refractivity contribution in [1.29, 1.82) is 0 Å². The minimum Gasteiger partial charge on any atom is -0.351 e. The van der Waals surface area contributed by atoms with Gasteiger partial charge >= 0.3 is 0 Å². The molecule has 1 fully saturated rings. The third kappa shape index (κ3) is 4.71. The lowest BCUT2D eigenvalue weighted by Crippen LogP contribution is -2.38. The standard InChI is InChI=1S/C24H21Cl2F2N3O/c1-14-2-7-20(19(28)12-14)30-22-18(13-29-23(26)21(22)25)24(32)31-10-8-16(9-11-31)15-3-5-17(27)6-4-15/h2-7,12-13,16H,8-11H2,1H3,(H,29,30). The summed E-state index contributed by atoms with van der Waals surface area (Å²) in [5.41, 5.74) is 2.46. The van der Waals surface area contributed by atoms with Crippen LogP contribution >= 0.6 is 23.2 Å². The van der Waals surface area contributed by atoms with Gasteiger partial charge in [-0.25, -0.2) is 13.8 Å². The summed E-state index contributed by atoms with van der Waals surface area (Å²) in [5.74, 6) is -0.736. The number of nitrogens with zero attached hydrogens (tertiary/aromatic N) is 2. The zero-order valence-electron chi connectivity index (χ0n) is 17.3. The van der Waals surface area contributed by atoms with Crippen molar-refractivity contribution in [3.05, 3.63) is 87.2 Å². The van der Waals surface area contributed by atoms with Gasteiger partial charge in [0.05, 0.1) is 16.9 Å². The maximum atomic E-state index is 14.4. The number of likely N-dealkylation sites (tertiary alicyclic amines) is 1. The van der Waals surface area contributed by atoms with Crippen LogP contribution in [-0.4, -0.2) is 28.9 Å². The van der Waals surface area contributed by atoms with Gasteiger partial charge in [-0.3, -0.25) is 4.79 Å². The summed E-state index contributed by atoms with van der Waals surface area (Å²) in [6.07, 6.45) is 2.86. The molecular formula is C24H21Cl2F2N3O. The van der Waals surface area contributed by atoms with Crippen molar-refractivity contribution in [2.24, 2.45) is 0 Å². The van der Waals surface area contributed by atoms with Gasteiger partial charge in [-0.05, 0) is 61.1 Å². The molecule has 4 nitrogen and oxygen atoms in total. The Morgan fingerprint density at radius 1 is 1.09 bits per heavy atom. The van der Waals surface area contributed by atoms with E-state index >= 15 is 0 Å². The average Bonchev–Trinajstić information content (AvgIpc) is 2.79. The molecule has 0 aliphatic carbocycles. The number of hydrogen-bond donors (Lipinski definition) is 1. The van der Waals surface area contributed by atoms with Gasteiger partial charge < -0.3 is 10.2 Å². The lowest BCUT2D eigenvalue weighted by atomic mass is 9.89. The van der Waals surface area contributed by atoms with Crippen LogP contribution in [0.3, 0.4) is 0 Å².